The van der Waals surface area contributed by atoms with E-state index in [-0.39, 0.29) is 71.2 Å². The van der Waals surface area contributed by atoms with Crippen molar-refractivity contribution in [3.63, 3.8) is 0 Å². The van der Waals surface area contributed by atoms with Crippen molar-refractivity contribution < 1.29 is 105 Å². The molecule has 0 atom stereocenters. The second-order valence-electron chi connectivity index (χ2n) is 30.2. The van der Waals surface area contributed by atoms with E-state index in [1.807, 2.05) is 68.2 Å². The number of aromatic nitrogens is 12. The SMILES string of the molecule is BrBr.CC(=O)O.Cc1ncc(-c2cccn3c(-c4cccc(F)c4F)c(CO)nc23)cc1C(=O)Nc1ccc(F)cc1.Cc1ncc(-c2cccn3c(Br)c(CO)nc23)cc1C(=O)Nc1ccc(F)cc1.Cc1ncc(-c2cccn3cc(CO)nc23)cc1C(=O)Nc1ccc(F)cc1.Cc1ncc(B(O)O)cc1C(=O)Nc1ccc(F)cc1.OB(O)c1cccc(F)c1F.OCc1cn2cccc(Br)c2n1. The number of carbonyl (C=O) groups is 5. The predicted molar refractivity (Wildman–Crippen MR) is 533 cm³/mol. The molecule has 726 valence electrons. The van der Waals surface area contributed by atoms with E-state index in [4.69, 9.17) is 35.1 Å². The van der Waals surface area contributed by atoms with Crippen molar-refractivity contribution >= 4 is 160 Å². The van der Waals surface area contributed by atoms with Crippen molar-refractivity contribution in [2.45, 2.75) is 61.0 Å². The molecular formula is C98H80B2Br4F8N16O14. The maximum absolute atomic E-state index is 14.6. The van der Waals surface area contributed by atoms with Crippen molar-refractivity contribution in [2.75, 3.05) is 21.3 Å². The molecule has 30 nitrogen and oxygen atoms in total. The summed E-state index contributed by atoms with van der Waals surface area (Å²) in [4.78, 5) is 94.1. The van der Waals surface area contributed by atoms with E-state index in [2.05, 4.69) is 121 Å². The summed E-state index contributed by atoms with van der Waals surface area (Å²) in [5.41, 5.74) is 13.7. The number of imidazole rings is 4. The number of fused-ring (bicyclic) bond motifs is 4. The second-order valence-corrected chi connectivity index (χ2v) is 31.8. The van der Waals surface area contributed by atoms with Gasteiger partial charge in [-0.2, -0.15) is 0 Å². The Labute approximate surface area is 835 Å². The molecule has 12 aromatic heterocycles. The Bertz CT molecular complexity index is 7570. The molecule has 0 bridgehead atoms. The van der Waals surface area contributed by atoms with Crippen LogP contribution in [-0.4, -0.2) is 147 Å². The molecule has 0 aliphatic rings. The minimum Gasteiger partial charge on any atom is -0.481 e. The number of carbonyl (C=O) groups excluding carboxylic acids is 4. The van der Waals surface area contributed by atoms with Gasteiger partial charge in [0.1, 0.15) is 44.8 Å². The largest absolute Gasteiger partial charge is 0.491 e. The number of aliphatic hydroxyl groups excluding tert-OH is 4. The highest BCUT2D eigenvalue weighted by atomic mass is 80.9. The lowest BCUT2D eigenvalue weighted by Gasteiger charge is -2.11. The van der Waals surface area contributed by atoms with Gasteiger partial charge in [-0.1, -0.05) is 18.2 Å². The van der Waals surface area contributed by atoms with Crippen LogP contribution in [0.2, 0.25) is 0 Å². The molecule has 0 saturated heterocycles. The van der Waals surface area contributed by atoms with Crippen molar-refractivity contribution in [3.05, 3.63) is 392 Å². The molecule has 4 amide bonds. The highest BCUT2D eigenvalue weighted by molar-refractivity contribution is 9.93. The topological polar surface area (TPSA) is 436 Å². The molecular weight excluding hydrogens is 2120 g/mol. The zero-order valence-corrected chi connectivity index (χ0v) is 81.2. The predicted octanol–water partition coefficient (Wildman–Crippen LogP) is 16.9. The van der Waals surface area contributed by atoms with E-state index >= 15 is 0 Å². The number of carboxylic acids is 1. The number of carboxylic acid groups (broad SMARTS) is 1. The summed E-state index contributed by atoms with van der Waals surface area (Å²) < 4.78 is 114. The molecule has 0 radical (unpaired) electrons. The normalized spacial score (nSPS) is 10.6. The lowest BCUT2D eigenvalue weighted by molar-refractivity contribution is -0.134. The summed E-state index contributed by atoms with van der Waals surface area (Å²) in [5, 5.41) is 91.0. The Hall–Kier alpha value is -14.8. The summed E-state index contributed by atoms with van der Waals surface area (Å²) in [7, 11) is -3.66. The Balaban J connectivity index is 0.000000167. The number of anilines is 4. The van der Waals surface area contributed by atoms with E-state index in [0.717, 1.165) is 51.9 Å². The zero-order valence-electron chi connectivity index (χ0n) is 74.9. The maximum atomic E-state index is 14.6. The Morgan fingerprint density at radius 1 is 0.373 bits per heavy atom. The number of aryl methyl sites for hydroxylation is 4. The number of aliphatic hydroxyl groups is 4. The van der Waals surface area contributed by atoms with Gasteiger partial charge in [-0.25, -0.2) is 55.1 Å². The van der Waals surface area contributed by atoms with Crippen LogP contribution in [0.15, 0.2) is 277 Å². The third-order valence-corrected chi connectivity index (χ3v) is 21.9. The number of hydrogen-bond acceptors (Lipinski definition) is 21. The van der Waals surface area contributed by atoms with Crippen LogP contribution in [0.5, 0.6) is 0 Å². The number of nitrogens with zero attached hydrogens (tertiary/aromatic N) is 12. The molecule has 0 spiro atoms. The number of benzene rings is 6. The molecule has 18 rings (SSSR count). The lowest BCUT2D eigenvalue weighted by atomic mass is 9.80. The van der Waals surface area contributed by atoms with Crippen LogP contribution in [0.4, 0.5) is 57.9 Å². The molecule has 12 heterocycles. The van der Waals surface area contributed by atoms with E-state index in [1.165, 1.54) is 128 Å². The Morgan fingerprint density at radius 2 is 0.711 bits per heavy atom. The molecule has 0 aliphatic carbocycles. The first-order valence-electron chi connectivity index (χ1n) is 41.8. The molecule has 44 heteroatoms. The van der Waals surface area contributed by atoms with Crippen LogP contribution < -0.4 is 32.2 Å². The molecule has 0 aliphatic heterocycles. The fraction of sp³-hybridized carbons (Fsp3) is 0.0918. The quantitative estimate of drug-likeness (QED) is 0.0280. The molecule has 6 aromatic carbocycles. The zero-order chi connectivity index (χ0) is 103. The van der Waals surface area contributed by atoms with Crippen molar-refractivity contribution in [1.29, 1.82) is 0 Å². The fourth-order valence-electron chi connectivity index (χ4n) is 13.6. The fourth-order valence-corrected chi connectivity index (χ4v) is 14.5. The third-order valence-electron chi connectivity index (χ3n) is 20.5. The number of hydrogen-bond donors (Lipinski definition) is 13. The highest BCUT2D eigenvalue weighted by Crippen LogP contribution is 2.36. The van der Waals surface area contributed by atoms with E-state index in [9.17, 15) is 69.6 Å². The van der Waals surface area contributed by atoms with Crippen LogP contribution in [0, 0.1) is 74.2 Å². The maximum Gasteiger partial charge on any atom is 0.491 e. The van der Waals surface area contributed by atoms with Crippen LogP contribution in [0.1, 0.15) is 93.9 Å². The summed E-state index contributed by atoms with van der Waals surface area (Å²) in [6, 6.07) is 50.2. The summed E-state index contributed by atoms with van der Waals surface area (Å²) in [6.45, 7) is 7.04. The lowest BCUT2D eigenvalue weighted by Crippen LogP contribution is -2.33. The number of aliphatic carboxylic acids is 1. The standard InChI is InChI=1S/C27H19F3N4O2.C21H16BrFN4O2.C21H17FN4O2.C13H12BFN2O3.C8H7BrN2O.C6H5BF2O2.C2H4O2.Br2/c1-15-21(27(36)32-18-9-7-17(28)8-10-18)12-16(13-31-15)19-5-3-11-34-25(23(14-35)33-26(19)34)20-4-2-6-22(29)24(20)30;1-12-17(21(29)25-15-6-4-14(23)5-7-15)9-13(10-24-12)16-3-2-8-27-19(22)18(11-28)26-20(16)27;1-13-19(21(28)25-16-6-4-15(22)5-7-16)9-14(10-23-13)18-3-2-8-26-11-17(12-27)24-20(18)26;1-8-12(6-9(7-16-8)14(19)20)13(18)17-11-4-2-10(15)3-5-11;9-7-2-1-3-11-4-6(5-12)10-8(7)11;8-5-3-1-2-4(6(5)9)7(10)11;1-2(3)4;1-2/h2-13,35H,14H2,1H3,(H,32,36);2-10,28H,11H2,1H3,(H,25,29);2-11,27H,12H2,1H3,(H,25,28);2-7,19-20H,1H3,(H,17,18);1-4,12H,5H2;1-3,10-11H;1H3,(H,3,4);. The van der Waals surface area contributed by atoms with Crippen LogP contribution >= 0.6 is 60.1 Å². The van der Waals surface area contributed by atoms with Gasteiger partial charge < -0.3 is 75.7 Å². The Kier molecular flexibility index (Phi) is 38.2. The number of pyridine rings is 8. The van der Waals surface area contributed by atoms with E-state index in [1.54, 1.807) is 99.6 Å². The first-order valence-corrected chi connectivity index (χ1v) is 47.1. The molecule has 18 aromatic rings. The summed E-state index contributed by atoms with van der Waals surface area (Å²) in [5.74, 6) is -8.30. The molecule has 0 unspecified atom stereocenters. The first kappa shape index (κ1) is 108. The van der Waals surface area contributed by atoms with Crippen LogP contribution in [-0.2, 0) is 31.2 Å². The number of nitrogens with one attached hydrogen (secondary N) is 4. The van der Waals surface area contributed by atoms with Crippen LogP contribution in [0.3, 0.4) is 0 Å². The van der Waals surface area contributed by atoms with Gasteiger partial charge in [0.15, 0.2) is 28.9 Å². The minimum absolute atomic E-state index is 0.0197. The van der Waals surface area contributed by atoms with Gasteiger partial charge in [0.2, 0.25) is 0 Å². The van der Waals surface area contributed by atoms with Crippen molar-refractivity contribution in [3.8, 4) is 44.6 Å². The molecule has 0 fully saturated rings. The van der Waals surface area contributed by atoms with Crippen LogP contribution in [0.25, 0.3) is 67.2 Å². The van der Waals surface area contributed by atoms with Crippen molar-refractivity contribution in [2.24, 2.45) is 0 Å². The highest BCUT2D eigenvalue weighted by Gasteiger charge is 2.26. The first-order chi connectivity index (χ1) is 68.0. The van der Waals surface area contributed by atoms with Gasteiger partial charge in [-0.15, -0.1) is 0 Å². The Morgan fingerprint density at radius 3 is 1.10 bits per heavy atom. The summed E-state index contributed by atoms with van der Waals surface area (Å²) in [6.07, 6.45) is 17.0. The van der Waals surface area contributed by atoms with Gasteiger partial charge in [-0.3, -0.25) is 52.7 Å². The van der Waals surface area contributed by atoms with Gasteiger partial charge in [0.05, 0.1) is 98.7 Å². The average molecular weight is 2200 g/mol. The van der Waals surface area contributed by atoms with Gasteiger partial charge in [-0.05, 0) is 248 Å². The number of amides is 4. The molecule has 0 saturated carbocycles. The minimum atomic E-state index is -1.97. The average Bonchev–Trinajstić information content (AvgIpc) is 1.61. The smallest absolute Gasteiger partial charge is 0.481 e. The van der Waals surface area contributed by atoms with E-state index < -0.39 is 79.0 Å². The van der Waals surface area contributed by atoms with Gasteiger partial charge >= 0.3 is 14.2 Å². The van der Waals surface area contributed by atoms with E-state index in [0.29, 0.717) is 118 Å². The molecule has 13 N–H and O–H groups in total. The third kappa shape index (κ3) is 27.5. The number of halogens is 12. The monoisotopic (exact) mass is 2190 g/mol. The van der Waals surface area contributed by atoms with Crippen molar-refractivity contribution in [1.82, 2.24) is 57.5 Å². The number of rotatable bonds is 18. The molecule has 142 heavy (non-hydrogen) atoms. The van der Waals surface area contributed by atoms with Gasteiger partial charge in [0, 0.05) is 175 Å². The second kappa shape index (κ2) is 50.4. The van der Waals surface area contributed by atoms with Gasteiger partial charge in [0.25, 0.3) is 29.6 Å². The summed E-state index contributed by atoms with van der Waals surface area (Å²) >= 11 is 12.3.